The van der Waals surface area contributed by atoms with Gasteiger partial charge >= 0.3 is 0 Å². The van der Waals surface area contributed by atoms with Gasteiger partial charge in [-0.1, -0.05) is 30.3 Å². The highest BCUT2D eigenvalue weighted by atomic mass is 16.3. The first-order chi connectivity index (χ1) is 9.97. The fourth-order valence-electron chi connectivity index (χ4n) is 2.09. The van der Waals surface area contributed by atoms with Crippen LogP contribution in [0.25, 0.3) is 0 Å². The first-order valence-electron chi connectivity index (χ1n) is 6.75. The molecule has 0 radical (unpaired) electrons. The van der Waals surface area contributed by atoms with Gasteiger partial charge < -0.3 is 10.0 Å². The molecular formula is C16H18N2O3. The van der Waals surface area contributed by atoms with E-state index in [1.807, 2.05) is 44.2 Å². The van der Waals surface area contributed by atoms with Crippen LogP contribution < -0.4 is 5.56 Å². The van der Waals surface area contributed by atoms with E-state index < -0.39 is 5.56 Å². The predicted octanol–water partition coefficient (Wildman–Crippen LogP) is 2.13. The van der Waals surface area contributed by atoms with E-state index >= 15 is 0 Å². The molecule has 5 nitrogen and oxygen atoms in total. The maximum Gasteiger partial charge on any atom is 0.254 e. The molecule has 110 valence electrons. The molecule has 0 atom stereocenters. The van der Waals surface area contributed by atoms with Crippen molar-refractivity contribution in [2.24, 2.45) is 0 Å². The molecule has 21 heavy (non-hydrogen) atoms. The number of hydrogen-bond donors (Lipinski definition) is 2. The van der Waals surface area contributed by atoms with Crippen molar-refractivity contribution in [3.05, 3.63) is 63.9 Å². The molecule has 5 heteroatoms. The molecule has 0 saturated heterocycles. The van der Waals surface area contributed by atoms with Crippen molar-refractivity contribution in [2.75, 3.05) is 0 Å². The van der Waals surface area contributed by atoms with Gasteiger partial charge in [0.15, 0.2) is 5.88 Å². The van der Waals surface area contributed by atoms with Crippen molar-refractivity contribution in [3.8, 4) is 5.88 Å². The molecule has 2 N–H and O–H groups in total. The number of hydrogen-bond acceptors (Lipinski definition) is 3. The Balaban J connectivity index is 2.29. The number of H-pyrrole nitrogens is 1. The summed E-state index contributed by atoms with van der Waals surface area (Å²) in [4.78, 5) is 27.8. The molecule has 0 unspecified atom stereocenters. The Labute approximate surface area is 122 Å². The largest absolute Gasteiger partial charge is 0.494 e. The number of nitrogens with one attached hydrogen (secondary N) is 1. The summed E-state index contributed by atoms with van der Waals surface area (Å²) in [7, 11) is 0. The monoisotopic (exact) mass is 286 g/mol. The number of rotatable bonds is 4. The summed E-state index contributed by atoms with van der Waals surface area (Å²) in [6, 6.07) is 12.1. The second-order valence-corrected chi connectivity index (χ2v) is 5.13. The van der Waals surface area contributed by atoms with Crippen molar-refractivity contribution in [3.63, 3.8) is 0 Å². The first-order valence-corrected chi connectivity index (χ1v) is 6.75. The van der Waals surface area contributed by atoms with E-state index in [1.54, 1.807) is 4.90 Å². The van der Waals surface area contributed by atoms with Crippen LogP contribution in [0.5, 0.6) is 5.88 Å². The van der Waals surface area contributed by atoms with Crippen molar-refractivity contribution in [1.82, 2.24) is 9.88 Å². The summed E-state index contributed by atoms with van der Waals surface area (Å²) < 4.78 is 0. The van der Waals surface area contributed by atoms with Gasteiger partial charge in [-0.3, -0.25) is 14.6 Å². The zero-order chi connectivity index (χ0) is 15.4. The van der Waals surface area contributed by atoms with Gasteiger partial charge in [0.2, 0.25) is 0 Å². The van der Waals surface area contributed by atoms with Crippen molar-refractivity contribution < 1.29 is 9.90 Å². The number of aromatic hydroxyl groups is 1. The van der Waals surface area contributed by atoms with Gasteiger partial charge in [0.25, 0.3) is 11.5 Å². The number of carbonyl (C=O) groups is 1. The minimum atomic E-state index is -0.498. The number of aromatic nitrogens is 1. The van der Waals surface area contributed by atoms with Gasteiger partial charge in [0.05, 0.1) is 5.56 Å². The van der Waals surface area contributed by atoms with Gasteiger partial charge in [-0.05, 0) is 19.4 Å². The number of benzene rings is 1. The topological polar surface area (TPSA) is 73.4 Å². The Morgan fingerprint density at radius 2 is 1.90 bits per heavy atom. The minimum Gasteiger partial charge on any atom is -0.494 e. The zero-order valence-corrected chi connectivity index (χ0v) is 12.0. The SMILES string of the molecule is CC(C)N(Cc1ccccc1)C(=O)c1cc(O)[nH]c(=O)c1. The van der Waals surface area contributed by atoms with E-state index in [0.29, 0.717) is 6.54 Å². The van der Waals surface area contributed by atoms with E-state index in [0.717, 1.165) is 5.56 Å². The lowest BCUT2D eigenvalue weighted by Gasteiger charge is -2.27. The Bertz CT molecular complexity index is 677. The van der Waals surface area contributed by atoms with Crippen molar-refractivity contribution in [2.45, 2.75) is 26.4 Å². The van der Waals surface area contributed by atoms with Gasteiger partial charge in [-0.25, -0.2) is 0 Å². The van der Waals surface area contributed by atoms with Crippen LogP contribution in [0.15, 0.2) is 47.3 Å². The van der Waals surface area contributed by atoms with Crippen LogP contribution >= 0.6 is 0 Å². The van der Waals surface area contributed by atoms with Crippen LogP contribution in [0.1, 0.15) is 29.8 Å². The van der Waals surface area contributed by atoms with Crippen LogP contribution in [0.2, 0.25) is 0 Å². The summed E-state index contributed by atoms with van der Waals surface area (Å²) in [5.41, 5.74) is 0.691. The second-order valence-electron chi connectivity index (χ2n) is 5.13. The molecule has 0 fully saturated rings. The fraction of sp³-hybridized carbons (Fsp3) is 0.250. The molecule has 1 aromatic heterocycles. The highest BCUT2D eigenvalue weighted by Gasteiger charge is 2.20. The zero-order valence-electron chi connectivity index (χ0n) is 12.0. The maximum atomic E-state index is 12.6. The molecule has 1 aromatic carbocycles. The standard InChI is InChI=1S/C16H18N2O3/c1-11(2)18(10-12-6-4-3-5-7-12)16(21)13-8-14(19)17-15(20)9-13/h3-9,11H,10H2,1-2H3,(H2,17,19,20). The maximum absolute atomic E-state index is 12.6. The minimum absolute atomic E-state index is 0.0286. The van der Waals surface area contributed by atoms with Crippen molar-refractivity contribution >= 4 is 5.91 Å². The molecular weight excluding hydrogens is 268 g/mol. The number of amides is 1. The molecule has 0 aliphatic rings. The highest BCUT2D eigenvalue weighted by molar-refractivity contribution is 5.94. The number of pyridine rings is 1. The molecule has 0 aliphatic carbocycles. The number of carbonyl (C=O) groups excluding carboxylic acids is 1. The Morgan fingerprint density at radius 3 is 2.48 bits per heavy atom. The molecule has 2 rings (SSSR count). The lowest BCUT2D eigenvalue weighted by Crippen LogP contribution is -2.36. The quantitative estimate of drug-likeness (QED) is 0.904. The fourth-order valence-corrected chi connectivity index (χ4v) is 2.09. The molecule has 0 saturated carbocycles. The summed E-state index contributed by atoms with van der Waals surface area (Å²) >= 11 is 0. The molecule has 1 heterocycles. The predicted molar refractivity (Wildman–Crippen MR) is 80.2 cm³/mol. The van der Waals surface area contributed by atoms with Crippen LogP contribution in [0.3, 0.4) is 0 Å². The Kier molecular flexibility index (Phi) is 4.42. The number of aromatic amines is 1. The van der Waals surface area contributed by atoms with Crippen LogP contribution in [-0.2, 0) is 6.54 Å². The molecule has 1 amide bonds. The smallest absolute Gasteiger partial charge is 0.254 e. The molecule has 0 aliphatic heterocycles. The third kappa shape index (κ3) is 3.72. The van der Waals surface area contributed by atoms with Gasteiger partial charge in [-0.15, -0.1) is 0 Å². The lowest BCUT2D eigenvalue weighted by atomic mass is 10.1. The van der Waals surface area contributed by atoms with Gasteiger partial charge in [0.1, 0.15) is 0 Å². The van der Waals surface area contributed by atoms with E-state index in [2.05, 4.69) is 4.98 Å². The molecule has 2 aromatic rings. The average molecular weight is 286 g/mol. The van der Waals surface area contributed by atoms with Crippen molar-refractivity contribution in [1.29, 1.82) is 0 Å². The summed E-state index contributed by atoms with van der Waals surface area (Å²) in [6.07, 6.45) is 0. The van der Waals surface area contributed by atoms with Crippen LogP contribution in [0.4, 0.5) is 0 Å². The highest BCUT2D eigenvalue weighted by Crippen LogP contribution is 2.14. The Morgan fingerprint density at radius 1 is 1.24 bits per heavy atom. The molecule has 0 spiro atoms. The average Bonchev–Trinajstić information content (AvgIpc) is 2.44. The van der Waals surface area contributed by atoms with Crippen LogP contribution in [0, 0.1) is 0 Å². The van der Waals surface area contributed by atoms with E-state index in [4.69, 9.17) is 0 Å². The summed E-state index contributed by atoms with van der Waals surface area (Å²) in [6.45, 7) is 4.27. The van der Waals surface area contributed by atoms with Gasteiger partial charge in [-0.2, -0.15) is 0 Å². The summed E-state index contributed by atoms with van der Waals surface area (Å²) in [5, 5.41) is 9.43. The van der Waals surface area contributed by atoms with E-state index in [9.17, 15) is 14.7 Å². The lowest BCUT2D eigenvalue weighted by molar-refractivity contribution is 0.0689. The van der Waals surface area contributed by atoms with Gasteiger partial charge in [0, 0.05) is 24.7 Å². The van der Waals surface area contributed by atoms with Crippen LogP contribution in [-0.4, -0.2) is 26.9 Å². The third-order valence-electron chi connectivity index (χ3n) is 3.16. The number of nitrogens with zero attached hydrogens (tertiary/aromatic N) is 1. The third-order valence-corrected chi connectivity index (χ3v) is 3.16. The normalized spacial score (nSPS) is 10.6. The summed E-state index contributed by atoms with van der Waals surface area (Å²) in [5.74, 6) is -0.593. The molecule has 0 bridgehead atoms. The Hall–Kier alpha value is -2.56. The first kappa shape index (κ1) is 14.8. The van der Waals surface area contributed by atoms with E-state index in [-0.39, 0.29) is 23.4 Å². The second kappa shape index (κ2) is 6.26. The van der Waals surface area contributed by atoms with E-state index in [1.165, 1.54) is 12.1 Å².